The zero-order valence-corrected chi connectivity index (χ0v) is 14.6. The number of nitrogens with zero attached hydrogens (tertiary/aromatic N) is 1. The summed E-state index contributed by atoms with van der Waals surface area (Å²) in [6.07, 6.45) is 3.01. The standard InChI is InChI=1S/C13H17BrN2O3S2/c1-2-7-15-13(17)10-4-3-8-16(9-10)21(18,19)12-6-5-11(14)20-12/h2,5-6,10H,1,3-4,7-9H2,(H,15,17)/t10-/m0/s1. The average Bonchev–Trinajstić information content (AvgIpc) is 2.92. The van der Waals surface area contributed by atoms with Gasteiger partial charge in [-0.2, -0.15) is 4.31 Å². The second-order valence-corrected chi connectivity index (χ2v) is 9.42. The van der Waals surface area contributed by atoms with Crippen LogP contribution in [-0.2, 0) is 14.8 Å². The van der Waals surface area contributed by atoms with Crippen LogP contribution in [0.3, 0.4) is 0 Å². The van der Waals surface area contributed by atoms with E-state index in [-0.39, 0.29) is 18.4 Å². The Morgan fingerprint density at radius 2 is 2.33 bits per heavy atom. The van der Waals surface area contributed by atoms with Crippen LogP contribution in [0.15, 0.2) is 32.8 Å². The molecule has 1 amide bonds. The van der Waals surface area contributed by atoms with Gasteiger partial charge in [-0.05, 0) is 40.9 Å². The van der Waals surface area contributed by atoms with Crippen LogP contribution in [0.1, 0.15) is 12.8 Å². The predicted octanol–water partition coefficient (Wildman–Crippen LogP) is 2.21. The molecule has 116 valence electrons. The van der Waals surface area contributed by atoms with E-state index in [1.807, 2.05) is 0 Å². The minimum Gasteiger partial charge on any atom is -0.352 e. The topological polar surface area (TPSA) is 66.5 Å². The molecular formula is C13H17BrN2O3S2. The van der Waals surface area contributed by atoms with Crippen molar-refractivity contribution >= 4 is 43.2 Å². The molecule has 1 aromatic rings. The smallest absolute Gasteiger partial charge is 0.252 e. The molecule has 1 aliphatic rings. The summed E-state index contributed by atoms with van der Waals surface area (Å²) in [5, 5.41) is 2.73. The lowest BCUT2D eigenvalue weighted by Gasteiger charge is -2.30. The first-order chi connectivity index (χ1) is 9.95. The van der Waals surface area contributed by atoms with Gasteiger partial charge in [0.25, 0.3) is 10.0 Å². The second-order valence-electron chi connectivity index (χ2n) is 4.79. The van der Waals surface area contributed by atoms with Crippen molar-refractivity contribution in [2.75, 3.05) is 19.6 Å². The number of thiophene rings is 1. The molecule has 8 heteroatoms. The van der Waals surface area contributed by atoms with E-state index in [0.717, 1.165) is 3.79 Å². The maximum atomic E-state index is 12.6. The van der Waals surface area contributed by atoms with Gasteiger partial charge in [-0.1, -0.05) is 6.08 Å². The zero-order valence-electron chi connectivity index (χ0n) is 11.4. The summed E-state index contributed by atoms with van der Waals surface area (Å²) in [5.41, 5.74) is 0. The Labute approximate surface area is 137 Å². The number of piperidine rings is 1. The van der Waals surface area contributed by atoms with Gasteiger partial charge in [0.15, 0.2) is 0 Å². The number of nitrogens with one attached hydrogen (secondary N) is 1. The third kappa shape index (κ3) is 3.94. The lowest BCUT2D eigenvalue weighted by molar-refractivity contribution is -0.125. The number of hydrogen-bond acceptors (Lipinski definition) is 4. The Morgan fingerprint density at radius 1 is 1.57 bits per heavy atom. The van der Waals surface area contributed by atoms with E-state index < -0.39 is 10.0 Å². The van der Waals surface area contributed by atoms with Crippen LogP contribution in [0.25, 0.3) is 0 Å². The van der Waals surface area contributed by atoms with E-state index in [9.17, 15) is 13.2 Å². The molecule has 1 aliphatic heterocycles. The van der Waals surface area contributed by atoms with Gasteiger partial charge < -0.3 is 5.32 Å². The first-order valence-electron chi connectivity index (χ1n) is 6.59. The van der Waals surface area contributed by atoms with E-state index in [1.165, 1.54) is 15.6 Å². The molecular weight excluding hydrogens is 376 g/mol. The molecule has 5 nitrogen and oxygen atoms in total. The number of carbonyl (C=O) groups is 1. The highest BCUT2D eigenvalue weighted by molar-refractivity contribution is 9.11. The molecule has 0 saturated carbocycles. The number of amides is 1. The van der Waals surface area contributed by atoms with Crippen LogP contribution in [0.2, 0.25) is 0 Å². The van der Waals surface area contributed by atoms with Gasteiger partial charge in [-0.25, -0.2) is 8.42 Å². The quantitative estimate of drug-likeness (QED) is 0.781. The molecule has 0 radical (unpaired) electrons. The highest BCUT2D eigenvalue weighted by Crippen LogP contribution is 2.30. The van der Waals surface area contributed by atoms with Crippen LogP contribution in [0.5, 0.6) is 0 Å². The number of halogens is 1. The summed E-state index contributed by atoms with van der Waals surface area (Å²) in [6, 6.07) is 3.31. The van der Waals surface area contributed by atoms with Gasteiger partial charge in [0.2, 0.25) is 5.91 Å². The molecule has 0 aliphatic carbocycles. The molecule has 0 bridgehead atoms. The van der Waals surface area contributed by atoms with Crippen LogP contribution in [-0.4, -0.2) is 38.3 Å². The van der Waals surface area contributed by atoms with Crippen molar-refractivity contribution in [3.63, 3.8) is 0 Å². The van der Waals surface area contributed by atoms with Gasteiger partial charge >= 0.3 is 0 Å². The minimum absolute atomic E-state index is 0.109. The minimum atomic E-state index is -3.51. The molecule has 0 unspecified atom stereocenters. The first-order valence-corrected chi connectivity index (χ1v) is 9.64. The third-order valence-electron chi connectivity index (χ3n) is 3.32. The molecule has 1 aromatic heterocycles. The molecule has 2 heterocycles. The van der Waals surface area contributed by atoms with Crippen molar-refractivity contribution in [3.8, 4) is 0 Å². The van der Waals surface area contributed by atoms with Gasteiger partial charge in [-0.15, -0.1) is 17.9 Å². The monoisotopic (exact) mass is 392 g/mol. The van der Waals surface area contributed by atoms with E-state index in [0.29, 0.717) is 30.1 Å². The lowest BCUT2D eigenvalue weighted by Crippen LogP contribution is -2.45. The van der Waals surface area contributed by atoms with Crippen molar-refractivity contribution in [3.05, 3.63) is 28.6 Å². The van der Waals surface area contributed by atoms with E-state index in [4.69, 9.17) is 0 Å². The lowest BCUT2D eigenvalue weighted by atomic mass is 9.99. The SMILES string of the molecule is C=CCNC(=O)[C@H]1CCCN(S(=O)(=O)c2ccc(Br)s2)C1. The summed E-state index contributed by atoms with van der Waals surface area (Å²) >= 11 is 4.46. The zero-order chi connectivity index (χ0) is 15.5. The molecule has 0 aromatic carbocycles. The number of hydrogen-bond donors (Lipinski definition) is 1. The normalized spacial score (nSPS) is 20.1. The third-order valence-corrected chi connectivity index (χ3v) is 7.27. The van der Waals surface area contributed by atoms with Crippen molar-refractivity contribution in [2.45, 2.75) is 17.1 Å². The maximum Gasteiger partial charge on any atom is 0.252 e. The Bertz CT molecular complexity index is 627. The molecule has 0 spiro atoms. The summed E-state index contributed by atoms with van der Waals surface area (Å²) in [6.45, 7) is 4.65. The van der Waals surface area contributed by atoms with Gasteiger partial charge in [0.05, 0.1) is 9.70 Å². The van der Waals surface area contributed by atoms with Crippen LogP contribution < -0.4 is 5.32 Å². The Hall–Kier alpha value is -0.700. The molecule has 1 atom stereocenters. The fraction of sp³-hybridized carbons (Fsp3) is 0.462. The van der Waals surface area contributed by atoms with E-state index in [2.05, 4.69) is 27.8 Å². The maximum absolute atomic E-state index is 12.6. The number of sulfonamides is 1. The number of rotatable bonds is 5. The van der Waals surface area contributed by atoms with Crippen molar-refractivity contribution in [1.29, 1.82) is 0 Å². The first kappa shape index (κ1) is 16.7. The van der Waals surface area contributed by atoms with Crippen LogP contribution in [0.4, 0.5) is 0 Å². The number of carbonyl (C=O) groups excluding carboxylic acids is 1. The Kier molecular flexibility index (Phi) is 5.59. The predicted molar refractivity (Wildman–Crippen MR) is 86.7 cm³/mol. The largest absolute Gasteiger partial charge is 0.352 e. The summed E-state index contributed by atoms with van der Waals surface area (Å²) < 4.78 is 27.6. The highest BCUT2D eigenvalue weighted by Gasteiger charge is 2.33. The molecule has 1 fully saturated rings. The molecule has 1 N–H and O–H groups in total. The fourth-order valence-corrected chi connectivity index (χ4v) is 5.94. The summed E-state index contributed by atoms with van der Waals surface area (Å²) in [7, 11) is -3.51. The van der Waals surface area contributed by atoms with Gasteiger partial charge in [-0.3, -0.25) is 4.79 Å². The highest BCUT2D eigenvalue weighted by atomic mass is 79.9. The van der Waals surface area contributed by atoms with Gasteiger partial charge in [0, 0.05) is 19.6 Å². The summed E-state index contributed by atoms with van der Waals surface area (Å²) in [4.78, 5) is 12.0. The second kappa shape index (κ2) is 7.04. The fourth-order valence-electron chi connectivity index (χ4n) is 2.26. The van der Waals surface area contributed by atoms with Crippen molar-refractivity contribution in [2.24, 2.45) is 5.92 Å². The average molecular weight is 393 g/mol. The summed E-state index contributed by atoms with van der Waals surface area (Å²) in [5.74, 6) is -0.404. The molecule has 2 rings (SSSR count). The molecule has 21 heavy (non-hydrogen) atoms. The Balaban J connectivity index is 2.10. The van der Waals surface area contributed by atoms with Crippen molar-refractivity contribution in [1.82, 2.24) is 9.62 Å². The van der Waals surface area contributed by atoms with Crippen LogP contribution in [0, 0.1) is 5.92 Å². The van der Waals surface area contributed by atoms with E-state index >= 15 is 0 Å². The van der Waals surface area contributed by atoms with Crippen LogP contribution >= 0.6 is 27.3 Å². The molecule has 1 saturated heterocycles. The van der Waals surface area contributed by atoms with E-state index in [1.54, 1.807) is 18.2 Å². The van der Waals surface area contributed by atoms with Gasteiger partial charge in [0.1, 0.15) is 4.21 Å². The Morgan fingerprint density at radius 3 is 2.95 bits per heavy atom. The van der Waals surface area contributed by atoms with Crippen molar-refractivity contribution < 1.29 is 13.2 Å².